The molecule has 0 bridgehead atoms. The fourth-order valence-electron chi connectivity index (χ4n) is 0.872. The molecule has 0 saturated heterocycles. The molecule has 1 aromatic heterocycles. The zero-order valence-corrected chi connectivity index (χ0v) is 6.44. The number of thioether (sulfide) groups is 1. The number of nitrogens with one attached hydrogen (secondary N) is 1. The number of rotatable bonds is 0. The van der Waals surface area contributed by atoms with Crippen LogP contribution < -0.4 is 5.32 Å². The van der Waals surface area contributed by atoms with Gasteiger partial charge in [-0.15, -0.1) is 0 Å². The molecule has 1 radical (unpaired) electrons. The lowest BCUT2D eigenvalue weighted by atomic mass is 10.4. The fraction of sp³-hybridized carbons (Fsp3) is 0.143. The summed E-state index contributed by atoms with van der Waals surface area (Å²) in [5.41, 5.74) is 0.924. The lowest BCUT2D eigenvalue weighted by Gasteiger charge is -2.13. The average Bonchev–Trinajstić information content (AvgIpc) is 2.04. The number of hydrogen-bond acceptors (Lipinski definition) is 4. The first-order valence-electron chi connectivity index (χ1n) is 3.18. The van der Waals surface area contributed by atoms with E-state index in [4.69, 9.17) is 0 Å². The normalized spacial score (nSPS) is 15.5. The van der Waals surface area contributed by atoms with Crippen LogP contribution in [0.1, 0.15) is 0 Å². The molecule has 1 N–H and O–H groups in total. The van der Waals surface area contributed by atoms with E-state index in [0.29, 0.717) is 6.54 Å². The van der Waals surface area contributed by atoms with Crippen LogP contribution in [0.4, 0.5) is 5.69 Å². The van der Waals surface area contributed by atoms with Crippen molar-refractivity contribution < 1.29 is 4.79 Å². The molecule has 1 aromatic rings. The van der Waals surface area contributed by atoms with E-state index in [-0.39, 0.29) is 5.12 Å². The van der Waals surface area contributed by atoms with Gasteiger partial charge in [-0.25, -0.2) is 4.98 Å². The maximum atomic E-state index is 10.9. The van der Waals surface area contributed by atoms with E-state index in [1.54, 1.807) is 6.07 Å². The minimum absolute atomic E-state index is 0.101. The first-order chi connectivity index (χ1) is 5.36. The van der Waals surface area contributed by atoms with Gasteiger partial charge in [-0.3, -0.25) is 4.79 Å². The third kappa shape index (κ3) is 1.21. The lowest BCUT2D eigenvalue weighted by Crippen LogP contribution is -2.16. The van der Waals surface area contributed by atoms with Gasteiger partial charge in [0.1, 0.15) is 5.03 Å². The predicted molar refractivity (Wildman–Crippen MR) is 42.4 cm³/mol. The molecule has 3 nitrogen and oxygen atoms in total. The molecule has 0 aliphatic carbocycles. The van der Waals surface area contributed by atoms with E-state index in [1.807, 2.05) is 6.07 Å². The Bertz CT molecular complexity index is 300. The number of nitrogens with zero attached hydrogens (tertiary/aromatic N) is 1. The molecule has 4 heteroatoms. The first-order valence-corrected chi connectivity index (χ1v) is 3.99. The molecule has 2 rings (SSSR count). The van der Waals surface area contributed by atoms with Crippen molar-refractivity contribution in [2.45, 2.75) is 5.03 Å². The number of carbonyl (C=O) groups excluding carboxylic acids is 1. The Morgan fingerprint density at radius 2 is 2.64 bits per heavy atom. The molecule has 55 valence electrons. The maximum Gasteiger partial charge on any atom is 0.214 e. The lowest BCUT2D eigenvalue weighted by molar-refractivity contribution is -0.109. The zero-order valence-electron chi connectivity index (χ0n) is 5.63. The number of anilines is 1. The van der Waals surface area contributed by atoms with E-state index in [2.05, 4.69) is 16.5 Å². The molecule has 1 aliphatic heterocycles. The molecule has 2 heterocycles. The third-order valence-corrected chi connectivity index (χ3v) is 2.23. The molecule has 0 unspecified atom stereocenters. The zero-order chi connectivity index (χ0) is 7.68. The molecule has 0 aromatic carbocycles. The third-order valence-electron chi connectivity index (χ3n) is 1.35. The SMILES string of the molecule is O=C1CNc2cc[c]nc2S1. The van der Waals surface area contributed by atoms with Crippen LogP contribution >= 0.6 is 11.8 Å². The Balaban J connectivity index is 2.41. The molecule has 0 fully saturated rings. The molecule has 0 saturated carbocycles. The van der Waals surface area contributed by atoms with Crippen LogP contribution in [0.3, 0.4) is 0 Å². The number of hydrogen-bond donors (Lipinski definition) is 1. The highest BCUT2D eigenvalue weighted by molar-refractivity contribution is 8.13. The van der Waals surface area contributed by atoms with Gasteiger partial charge in [-0.2, -0.15) is 0 Å². The van der Waals surface area contributed by atoms with Crippen molar-refractivity contribution in [3.63, 3.8) is 0 Å². The summed E-state index contributed by atoms with van der Waals surface area (Å²) in [7, 11) is 0. The Morgan fingerprint density at radius 3 is 3.55 bits per heavy atom. The van der Waals surface area contributed by atoms with E-state index in [9.17, 15) is 4.79 Å². The summed E-state index contributed by atoms with van der Waals surface area (Å²) < 4.78 is 0. The van der Waals surface area contributed by atoms with Gasteiger partial charge in [0, 0.05) is 0 Å². The van der Waals surface area contributed by atoms with Crippen molar-refractivity contribution in [1.82, 2.24) is 4.98 Å². The van der Waals surface area contributed by atoms with Crippen LogP contribution in [0.2, 0.25) is 0 Å². The molecular formula is C7H5N2OS. The van der Waals surface area contributed by atoms with Crippen molar-refractivity contribution in [2.75, 3.05) is 11.9 Å². The monoisotopic (exact) mass is 165 g/mol. The minimum Gasteiger partial charge on any atom is -0.375 e. The first kappa shape index (κ1) is 6.67. The van der Waals surface area contributed by atoms with E-state index in [0.717, 1.165) is 10.7 Å². The molecule has 0 spiro atoms. The van der Waals surface area contributed by atoms with Crippen LogP contribution in [0, 0.1) is 6.20 Å². The standard InChI is InChI=1S/C7H5N2OS/c10-6-4-9-5-2-1-3-8-7(5)11-6/h1-2,9H,4H2. The van der Waals surface area contributed by atoms with E-state index >= 15 is 0 Å². The Kier molecular flexibility index (Phi) is 1.54. The van der Waals surface area contributed by atoms with Crippen molar-refractivity contribution in [3.8, 4) is 0 Å². The smallest absolute Gasteiger partial charge is 0.214 e. The highest BCUT2D eigenvalue weighted by atomic mass is 32.2. The Hall–Kier alpha value is -1.03. The summed E-state index contributed by atoms with van der Waals surface area (Å²) in [4.78, 5) is 14.8. The van der Waals surface area contributed by atoms with Gasteiger partial charge >= 0.3 is 0 Å². The van der Waals surface area contributed by atoms with Crippen LogP contribution in [-0.4, -0.2) is 16.6 Å². The van der Waals surface area contributed by atoms with Gasteiger partial charge < -0.3 is 5.32 Å². The van der Waals surface area contributed by atoms with Crippen molar-refractivity contribution in [1.29, 1.82) is 0 Å². The Labute approximate surface area is 68.2 Å². The van der Waals surface area contributed by atoms with Gasteiger partial charge in [0.15, 0.2) is 0 Å². The van der Waals surface area contributed by atoms with Crippen molar-refractivity contribution in [3.05, 3.63) is 18.3 Å². The summed E-state index contributed by atoms with van der Waals surface area (Å²) in [6.07, 6.45) is 2.68. The molecule has 0 atom stereocenters. The van der Waals surface area contributed by atoms with Gasteiger partial charge in [-0.1, -0.05) is 0 Å². The Morgan fingerprint density at radius 1 is 1.73 bits per heavy atom. The summed E-state index contributed by atoms with van der Waals surface area (Å²) in [5, 5.41) is 3.79. The fourth-order valence-corrected chi connectivity index (χ4v) is 1.58. The second-order valence-corrected chi connectivity index (χ2v) is 3.17. The molecule has 1 aliphatic rings. The largest absolute Gasteiger partial charge is 0.375 e. The topological polar surface area (TPSA) is 42.0 Å². The number of pyridine rings is 1. The van der Waals surface area contributed by atoms with Gasteiger partial charge in [0.2, 0.25) is 5.12 Å². The molecule has 11 heavy (non-hydrogen) atoms. The van der Waals surface area contributed by atoms with Crippen LogP contribution in [0.5, 0.6) is 0 Å². The van der Waals surface area contributed by atoms with Crippen molar-refractivity contribution in [2.24, 2.45) is 0 Å². The molecule has 0 amide bonds. The summed E-state index contributed by atoms with van der Waals surface area (Å²) >= 11 is 1.17. The second kappa shape index (κ2) is 2.54. The van der Waals surface area contributed by atoms with E-state index < -0.39 is 0 Å². The highest BCUT2D eigenvalue weighted by Crippen LogP contribution is 2.28. The summed E-state index contributed by atoms with van der Waals surface area (Å²) in [5.74, 6) is 0. The summed E-state index contributed by atoms with van der Waals surface area (Å²) in [6, 6.07) is 3.59. The number of fused-ring (bicyclic) bond motifs is 1. The highest BCUT2D eigenvalue weighted by Gasteiger charge is 2.15. The van der Waals surface area contributed by atoms with E-state index in [1.165, 1.54) is 11.8 Å². The quantitative estimate of drug-likeness (QED) is 0.621. The summed E-state index contributed by atoms with van der Waals surface area (Å²) in [6.45, 7) is 0.392. The predicted octanol–water partition coefficient (Wildman–Crippen LogP) is 0.926. The maximum absolute atomic E-state index is 10.9. The average molecular weight is 165 g/mol. The van der Waals surface area contributed by atoms with Gasteiger partial charge in [0.05, 0.1) is 18.4 Å². The number of aromatic nitrogens is 1. The minimum atomic E-state index is 0.101. The van der Waals surface area contributed by atoms with Crippen LogP contribution in [0.25, 0.3) is 0 Å². The van der Waals surface area contributed by atoms with Crippen molar-refractivity contribution >= 4 is 22.6 Å². The number of carbonyl (C=O) groups is 1. The van der Waals surface area contributed by atoms with Gasteiger partial charge in [-0.05, 0) is 23.9 Å². The van der Waals surface area contributed by atoms with Crippen LogP contribution in [-0.2, 0) is 4.79 Å². The molecular weight excluding hydrogens is 160 g/mol. The van der Waals surface area contributed by atoms with Crippen LogP contribution in [0.15, 0.2) is 17.2 Å². The van der Waals surface area contributed by atoms with Gasteiger partial charge in [0.25, 0.3) is 0 Å². The second-order valence-electron chi connectivity index (χ2n) is 2.12.